The Kier molecular flexibility index (Phi) is 25.3. The molecule has 0 heterocycles. The van der Waals surface area contributed by atoms with Gasteiger partial charge in [0, 0.05) is 6.54 Å². The van der Waals surface area contributed by atoms with E-state index in [1.165, 1.54) is 0 Å². The van der Waals surface area contributed by atoms with Gasteiger partial charge >= 0.3 is 14.6 Å². The zero-order chi connectivity index (χ0) is 10.6. The molecule has 0 aliphatic heterocycles. The molecule has 0 spiro atoms. The van der Waals surface area contributed by atoms with E-state index in [0.717, 1.165) is 0 Å². The van der Waals surface area contributed by atoms with Crippen LogP contribution in [0.15, 0.2) is 0 Å². The minimum absolute atomic E-state index is 0.0972. The van der Waals surface area contributed by atoms with Crippen molar-refractivity contribution in [2.24, 2.45) is 5.73 Å². The second kappa shape index (κ2) is 17.1. The summed E-state index contributed by atoms with van der Waals surface area (Å²) >= 11 is 0. The summed E-state index contributed by atoms with van der Waals surface area (Å²) in [7, 11) is -4.33. The first kappa shape index (κ1) is 17.8. The van der Waals surface area contributed by atoms with Crippen molar-refractivity contribution in [2.75, 3.05) is 13.2 Å². The summed E-state index contributed by atoms with van der Waals surface area (Å²) in [5.74, 6) is 0. The lowest BCUT2D eigenvalue weighted by Crippen LogP contribution is -2.07. The molecular weight excluding hydrogens is 172 g/mol. The summed E-state index contributed by atoms with van der Waals surface area (Å²) in [6.45, 7) is 0.472. The van der Waals surface area contributed by atoms with Gasteiger partial charge in [0.1, 0.15) is 0 Å². The van der Waals surface area contributed by atoms with E-state index in [-0.39, 0.29) is 6.61 Å². The smallest absolute Gasteiger partial charge is 0.402 e. The van der Waals surface area contributed by atoms with Crippen LogP contribution in [0.1, 0.15) is 0 Å². The van der Waals surface area contributed by atoms with E-state index >= 15 is 0 Å². The topological polar surface area (TPSA) is 168 Å². The third-order valence-corrected chi connectivity index (χ3v) is 0.129. The minimum Gasteiger partial charge on any atom is -0.402 e. The van der Waals surface area contributed by atoms with Crippen LogP contribution in [0, 0.1) is 0 Å². The molecule has 0 aromatic carbocycles. The van der Waals surface area contributed by atoms with Crippen LogP contribution in [0.3, 0.4) is 0 Å². The van der Waals surface area contributed by atoms with Crippen molar-refractivity contribution >= 4 is 14.6 Å². The van der Waals surface area contributed by atoms with Crippen LogP contribution in [0.4, 0.5) is 0 Å². The van der Waals surface area contributed by atoms with Crippen molar-refractivity contribution in [3.8, 4) is 0 Å². The summed E-state index contributed by atoms with van der Waals surface area (Å²) < 4.78 is 0. The molecule has 0 aromatic rings. The zero-order valence-corrected chi connectivity index (χ0v) is 6.28. The van der Waals surface area contributed by atoms with Gasteiger partial charge in [-0.2, -0.15) is 0 Å². The van der Waals surface area contributed by atoms with Crippen LogP contribution in [-0.2, 0) is 0 Å². The maximum absolute atomic E-state index is 7.75. The van der Waals surface area contributed by atoms with E-state index in [1.54, 1.807) is 0 Å². The van der Waals surface area contributed by atoms with Gasteiger partial charge in [-0.15, -0.1) is 0 Å². The number of aliphatic hydroxyl groups is 1. The minimum atomic E-state index is -2.17. The maximum Gasteiger partial charge on any atom is 0.631 e. The van der Waals surface area contributed by atoms with Gasteiger partial charge in [-0.3, -0.25) is 0 Å². The average molecular weight is 185 g/mol. The third-order valence-electron chi connectivity index (χ3n) is 0.129. The van der Waals surface area contributed by atoms with Gasteiger partial charge < -0.3 is 41.0 Å². The fraction of sp³-hybridized carbons (Fsp3) is 1.00. The van der Waals surface area contributed by atoms with Gasteiger partial charge in [0.15, 0.2) is 0 Å². The Labute approximate surface area is 69.9 Å². The van der Waals surface area contributed by atoms with Gasteiger partial charge in [0.05, 0.1) is 6.61 Å². The molecule has 10 heteroatoms. The second-order valence-corrected chi connectivity index (χ2v) is 1.21. The number of hydrogen-bond acceptors (Lipinski definition) is 8. The van der Waals surface area contributed by atoms with Crippen molar-refractivity contribution in [3.63, 3.8) is 0 Å². The Morgan fingerprint density at radius 1 is 0.833 bits per heavy atom. The first-order chi connectivity index (χ1) is 5.38. The van der Waals surface area contributed by atoms with E-state index in [1.807, 2.05) is 0 Å². The normalized spacial score (nSPS) is 7.00. The van der Waals surface area contributed by atoms with Gasteiger partial charge in [-0.1, -0.05) is 0 Å². The Morgan fingerprint density at radius 2 is 0.917 bits per heavy atom. The number of hydrogen-bond donors (Lipinski definition) is 8. The average Bonchev–Trinajstić information content (AvgIpc) is 1.85. The van der Waals surface area contributed by atoms with E-state index in [4.69, 9.17) is 41.0 Å². The standard InChI is InChI=1S/C2H7NO.2BH3O3/c3-1-2-4;2*2-1(3)4/h4H,1-3H2;2*2-4H. The molecule has 0 bridgehead atoms. The molecule has 0 aliphatic carbocycles. The van der Waals surface area contributed by atoms with E-state index in [2.05, 4.69) is 0 Å². The summed E-state index contributed by atoms with van der Waals surface area (Å²) in [6.07, 6.45) is 0. The highest BCUT2D eigenvalue weighted by atomic mass is 16.5. The summed E-state index contributed by atoms with van der Waals surface area (Å²) in [5, 5.41) is 50.8. The molecule has 0 aromatic heterocycles. The van der Waals surface area contributed by atoms with Gasteiger partial charge in [-0.05, 0) is 0 Å². The number of aliphatic hydroxyl groups excluding tert-OH is 1. The van der Waals surface area contributed by atoms with Gasteiger partial charge in [-0.25, -0.2) is 0 Å². The van der Waals surface area contributed by atoms with Crippen molar-refractivity contribution in [1.29, 1.82) is 0 Å². The lowest BCUT2D eigenvalue weighted by atomic mass is 10.3. The molecule has 0 aliphatic rings. The van der Waals surface area contributed by atoms with Gasteiger partial charge in [0.25, 0.3) is 0 Å². The quantitative estimate of drug-likeness (QED) is 0.187. The van der Waals surface area contributed by atoms with Crippen LogP contribution in [0.25, 0.3) is 0 Å². The molecule has 8 nitrogen and oxygen atoms in total. The fourth-order valence-corrected chi connectivity index (χ4v) is 0. The van der Waals surface area contributed by atoms with Crippen molar-refractivity contribution in [1.82, 2.24) is 0 Å². The Bertz CT molecular complexity index is 49.9. The molecule has 0 atom stereocenters. The lowest BCUT2D eigenvalue weighted by Gasteiger charge is -1.71. The van der Waals surface area contributed by atoms with Crippen LogP contribution >= 0.6 is 0 Å². The highest BCUT2D eigenvalue weighted by Gasteiger charge is 1.93. The SMILES string of the molecule is NCCO.OB(O)O.OB(O)O. The predicted molar refractivity (Wildman–Crippen MR) is 41.0 cm³/mol. The molecular formula is C2H13B2NO7. The molecule has 12 heavy (non-hydrogen) atoms. The van der Waals surface area contributed by atoms with Crippen molar-refractivity contribution in [3.05, 3.63) is 0 Å². The first-order valence-electron chi connectivity index (χ1n) is 2.77. The molecule has 0 saturated carbocycles. The molecule has 0 radical (unpaired) electrons. The molecule has 74 valence electrons. The lowest BCUT2D eigenvalue weighted by molar-refractivity contribution is 0.276. The van der Waals surface area contributed by atoms with Crippen molar-refractivity contribution < 1.29 is 35.3 Å². The maximum atomic E-state index is 7.75. The highest BCUT2D eigenvalue weighted by molar-refractivity contribution is 6.30. The van der Waals surface area contributed by atoms with E-state index in [9.17, 15) is 0 Å². The molecule has 0 saturated heterocycles. The summed E-state index contributed by atoms with van der Waals surface area (Å²) in [5.41, 5.74) is 4.78. The largest absolute Gasteiger partial charge is 0.631 e. The summed E-state index contributed by atoms with van der Waals surface area (Å²) in [6, 6.07) is 0. The Morgan fingerprint density at radius 3 is 0.917 bits per heavy atom. The van der Waals surface area contributed by atoms with Crippen LogP contribution < -0.4 is 5.73 Å². The molecule has 0 rings (SSSR count). The number of rotatable bonds is 1. The predicted octanol–water partition coefficient (Wildman–Crippen LogP) is -5.17. The molecule has 9 N–H and O–H groups in total. The fourth-order valence-electron chi connectivity index (χ4n) is 0. The van der Waals surface area contributed by atoms with E-state index < -0.39 is 14.6 Å². The zero-order valence-electron chi connectivity index (χ0n) is 6.28. The summed E-state index contributed by atoms with van der Waals surface area (Å²) in [4.78, 5) is 0. The van der Waals surface area contributed by atoms with Crippen LogP contribution in [0.5, 0.6) is 0 Å². The Balaban J connectivity index is -0.000000101. The van der Waals surface area contributed by atoms with Gasteiger partial charge in [0.2, 0.25) is 0 Å². The molecule has 0 amide bonds. The van der Waals surface area contributed by atoms with Crippen molar-refractivity contribution in [2.45, 2.75) is 0 Å². The monoisotopic (exact) mass is 185 g/mol. The van der Waals surface area contributed by atoms with E-state index in [0.29, 0.717) is 6.54 Å². The molecule has 0 fully saturated rings. The molecule has 0 unspecified atom stereocenters. The second-order valence-electron chi connectivity index (χ2n) is 1.21. The van der Waals surface area contributed by atoms with Crippen LogP contribution in [0.2, 0.25) is 0 Å². The highest BCUT2D eigenvalue weighted by Crippen LogP contribution is 1.40. The first-order valence-corrected chi connectivity index (χ1v) is 2.77. The number of nitrogens with two attached hydrogens (primary N) is 1. The third kappa shape index (κ3) is 1160. The van der Waals surface area contributed by atoms with Crippen LogP contribution in [-0.4, -0.2) is 63.0 Å². The Hall–Kier alpha value is -0.190.